The summed E-state index contributed by atoms with van der Waals surface area (Å²) in [6.07, 6.45) is 0. The van der Waals surface area contributed by atoms with Gasteiger partial charge in [0.05, 0.1) is 23.4 Å². The Labute approximate surface area is 190 Å². The molecule has 0 aliphatic carbocycles. The van der Waals surface area contributed by atoms with E-state index in [0.717, 1.165) is 38.4 Å². The molecular formula is C25H21ClN2O2S. The van der Waals surface area contributed by atoms with Gasteiger partial charge in [-0.05, 0) is 41.0 Å². The molecule has 4 nitrogen and oxygen atoms in total. The average Bonchev–Trinajstić information content (AvgIpc) is 2.81. The summed E-state index contributed by atoms with van der Waals surface area (Å²) in [5.41, 5.74) is 3.90. The number of carbonyl (C=O) groups is 1. The van der Waals surface area contributed by atoms with Crippen molar-refractivity contribution < 1.29 is 9.53 Å². The van der Waals surface area contributed by atoms with Gasteiger partial charge >= 0.3 is 0 Å². The van der Waals surface area contributed by atoms with Crippen LogP contribution in [0.4, 0.5) is 0 Å². The summed E-state index contributed by atoms with van der Waals surface area (Å²) in [6, 6.07) is 25.6. The lowest BCUT2D eigenvalue weighted by molar-refractivity contribution is -0.118. The topological polar surface area (TPSA) is 51.2 Å². The van der Waals surface area contributed by atoms with Crippen molar-refractivity contribution in [2.45, 2.75) is 11.6 Å². The molecule has 3 aromatic carbocycles. The van der Waals surface area contributed by atoms with Crippen LogP contribution in [0.3, 0.4) is 0 Å². The minimum absolute atomic E-state index is 0.0706. The number of hydrogen-bond acceptors (Lipinski definition) is 4. The molecule has 0 saturated heterocycles. The molecular weight excluding hydrogens is 428 g/mol. The van der Waals surface area contributed by atoms with Crippen molar-refractivity contribution in [2.24, 2.45) is 0 Å². The van der Waals surface area contributed by atoms with Crippen LogP contribution in [0.1, 0.15) is 5.56 Å². The molecule has 4 rings (SSSR count). The molecule has 0 radical (unpaired) electrons. The van der Waals surface area contributed by atoms with Crippen LogP contribution in [0.25, 0.3) is 22.0 Å². The molecule has 0 fully saturated rings. The van der Waals surface area contributed by atoms with Gasteiger partial charge in [0.2, 0.25) is 5.91 Å². The minimum atomic E-state index is -0.0706. The molecule has 1 aromatic heterocycles. The second-order valence-electron chi connectivity index (χ2n) is 6.91. The molecule has 1 heterocycles. The first-order valence-corrected chi connectivity index (χ1v) is 11.2. The Hall–Kier alpha value is -3.02. The molecule has 0 bridgehead atoms. The van der Waals surface area contributed by atoms with Gasteiger partial charge in [-0.2, -0.15) is 0 Å². The maximum Gasteiger partial charge on any atom is 0.230 e. The van der Waals surface area contributed by atoms with Gasteiger partial charge in [0, 0.05) is 23.0 Å². The predicted molar refractivity (Wildman–Crippen MR) is 128 cm³/mol. The van der Waals surface area contributed by atoms with Crippen LogP contribution in [0.5, 0.6) is 5.75 Å². The number of halogens is 1. The Morgan fingerprint density at radius 2 is 1.81 bits per heavy atom. The Bertz CT molecular complexity index is 1210. The number of benzene rings is 3. The van der Waals surface area contributed by atoms with Crippen LogP contribution < -0.4 is 10.1 Å². The molecule has 6 heteroatoms. The molecule has 0 atom stereocenters. The largest absolute Gasteiger partial charge is 0.497 e. The van der Waals surface area contributed by atoms with Crippen molar-refractivity contribution in [1.82, 2.24) is 10.3 Å². The molecule has 0 unspecified atom stereocenters. The number of hydrogen-bond donors (Lipinski definition) is 1. The van der Waals surface area contributed by atoms with Crippen molar-refractivity contribution in [2.75, 3.05) is 12.9 Å². The fourth-order valence-electron chi connectivity index (χ4n) is 3.27. The zero-order valence-corrected chi connectivity index (χ0v) is 18.5. The number of thioether (sulfide) groups is 1. The van der Waals surface area contributed by atoms with Crippen LogP contribution in [0, 0.1) is 0 Å². The van der Waals surface area contributed by atoms with E-state index in [1.807, 2.05) is 66.7 Å². The lowest BCUT2D eigenvalue weighted by atomic mass is 10.0. The second kappa shape index (κ2) is 9.86. The van der Waals surface area contributed by atoms with E-state index < -0.39 is 0 Å². The first-order chi connectivity index (χ1) is 15.1. The van der Waals surface area contributed by atoms with Gasteiger partial charge in [-0.15, -0.1) is 0 Å². The van der Waals surface area contributed by atoms with Gasteiger partial charge in [-0.25, -0.2) is 4.98 Å². The molecule has 0 saturated carbocycles. The van der Waals surface area contributed by atoms with E-state index in [4.69, 9.17) is 21.3 Å². The predicted octanol–water partition coefficient (Wildman–Crippen LogP) is 5.97. The van der Waals surface area contributed by atoms with Crippen LogP contribution >= 0.6 is 23.4 Å². The lowest BCUT2D eigenvalue weighted by Crippen LogP contribution is -2.24. The van der Waals surface area contributed by atoms with Crippen LogP contribution in [0.15, 0.2) is 83.9 Å². The van der Waals surface area contributed by atoms with Crippen molar-refractivity contribution >= 4 is 40.2 Å². The number of fused-ring (bicyclic) bond motifs is 1. The van der Waals surface area contributed by atoms with E-state index in [0.29, 0.717) is 11.6 Å². The van der Waals surface area contributed by atoms with E-state index in [1.54, 1.807) is 7.11 Å². The quantitative estimate of drug-likeness (QED) is 0.354. The van der Waals surface area contributed by atoms with Gasteiger partial charge in [0.15, 0.2) is 0 Å². The second-order valence-corrected chi connectivity index (χ2v) is 8.32. The third kappa shape index (κ3) is 5.19. The Morgan fingerprint density at radius 3 is 2.58 bits per heavy atom. The number of aromatic nitrogens is 1. The summed E-state index contributed by atoms with van der Waals surface area (Å²) >= 11 is 7.57. The van der Waals surface area contributed by atoms with Gasteiger partial charge in [0.1, 0.15) is 5.75 Å². The molecule has 1 N–H and O–H groups in total. The van der Waals surface area contributed by atoms with E-state index in [2.05, 4.69) is 17.4 Å². The Morgan fingerprint density at radius 1 is 1.03 bits per heavy atom. The summed E-state index contributed by atoms with van der Waals surface area (Å²) < 4.78 is 5.37. The fourth-order valence-corrected chi connectivity index (χ4v) is 4.22. The number of ether oxygens (including phenoxy) is 1. The highest BCUT2D eigenvalue weighted by molar-refractivity contribution is 7.99. The van der Waals surface area contributed by atoms with E-state index >= 15 is 0 Å². The lowest BCUT2D eigenvalue weighted by Gasteiger charge is -2.11. The van der Waals surface area contributed by atoms with Crippen molar-refractivity contribution in [3.63, 3.8) is 0 Å². The number of nitrogens with zero attached hydrogens (tertiary/aromatic N) is 1. The summed E-state index contributed by atoms with van der Waals surface area (Å²) in [5, 5.41) is 5.39. The minimum Gasteiger partial charge on any atom is -0.497 e. The number of nitrogens with one attached hydrogen (secondary N) is 1. The SMILES string of the molecule is COc1ccc2c(-c3ccccc3)cc(SCC(=O)NCc3ccccc3Cl)nc2c1. The zero-order valence-electron chi connectivity index (χ0n) is 17.0. The third-order valence-corrected chi connectivity index (χ3v) is 6.14. The van der Waals surface area contributed by atoms with Gasteiger partial charge < -0.3 is 10.1 Å². The van der Waals surface area contributed by atoms with E-state index in [1.165, 1.54) is 11.8 Å². The monoisotopic (exact) mass is 448 g/mol. The molecule has 0 spiro atoms. The summed E-state index contributed by atoms with van der Waals surface area (Å²) in [4.78, 5) is 17.2. The average molecular weight is 449 g/mol. The Kier molecular flexibility index (Phi) is 6.75. The fraction of sp³-hybridized carbons (Fsp3) is 0.120. The van der Waals surface area contributed by atoms with Crippen molar-refractivity contribution in [3.8, 4) is 16.9 Å². The van der Waals surface area contributed by atoms with Gasteiger partial charge in [0.25, 0.3) is 0 Å². The van der Waals surface area contributed by atoms with Crippen LogP contribution in [-0.4, -0.2) is 23.8 Å². The highest BCUT2D eigenvalue weighted by Gasteiger charge is 2.11. The molecule has 31 heavy (non-hydrogen) atoms. The smallest absolute Gasteiger partial charge is 0.230 e. The van der Waals surface area contributed by atoms with Crippen molar-refractivity contribution in [1.29, 1.82) is 0 Å². The zero-order chi connectivity index (χ0) is 21.6. The number of pyridine rings is 1. The summed E-state index contributed by atoms with van der Waals surface area (Å²) in [6.45, 7) is 0.399. The van der Waals surface area contributed by atoms with E-state index in [-0.39, 0.29) is 11.7 Å². The number of rotatable bonds is 7. The first-order valence-electron chi connectivity index (χ1n) is 9.81. The normalized spacial score (nSPS) is 10.8. The van der Waals surface area contributed by atoms with Crippen molar-refractivity contribution in [3.05, 3.63) is 89.4 Å². The highest BCUT2D eigenvalue weighted by atomic mass is 35.5. The van der Waals surface area contributed by atoms with Crippen LogP contribution in [-0.2, 0) is 11.3 Å². The maximum absolute atomic E-state index is 12.4. The maximum atomic E-state index is 12.4. The molecule has 4 aromatic rings. The van der Waals surface area contributed by atoms with Gasteiger partial charge in [-0.1, -0.05) is 71.9 Å². The molecule has 0 aliphatic heterocycles. The third-order valence-electron chi connectivity index (χ3n) is 4.86. The highest BCUT2D eigenvalue weighted by Crippen LogP contribution is 2.33. The Balaban J connectivity index is 1.54. The van der Waals surface area contributed by atoms with E-state index in [9.17, 15) is 4.79 Å². The number of amides is 1. The molecule has 156 valence electrons. The summed E-state index contributed by atoms with van der Waals surface area (Å²) in [7, 11) is 1.64. The van der Waals surface area contributed by atoms with Gasteiger partial charge in [-0.3, -0.25) is 4.79 Å². The summed E-state index contributed by atoms with van der Waals surface area (Å²) in [5.74, 6) is 0.943. The molecule has 0 aliphatic rings. The number of methoxy groups -OCH3 is 1. The molecule has 1 amide bonds. The first kappa shape index (κ1) is 21.2. The standard InChI is InChI=1S/C25H21ClN2O2S/c1-30-19-11-12-20-21(17-7-3-2-4-8-17)14-25(28-23(20)13-19)31-16-24(29)27-15-18-9-5-6-10-22(18)26/h2-14H,15-16H2,1H3,(H,27,29). The number of carbonyl (C=O) groups excluding carboxylic acids is 1. The van der Waals surface area contributed by atoms with Crippen LogP contribution in [0.2, 0.25) is 5.02 Å².